The number of carbonyl (C=O) groups excluding carboxylic acids is 2. The lowest BCUT2D eigenvalue weighted by Gasteiger charge is -2.09. The summed E-state index contributed by atoms with van der Waals surface area (Å²) in [5.41, 5.74) is 20.7. The predicted octanol–water partition coefficient (Wildman–Crippen LogP) is 8.26. The van der Waals surface area contributed by atoms with E-state index in [0.717, 1.165) is 58.0 Å². The number of primary amides is 1. The standard InChI is InChI=1S/C10H22N2O.C10H21NO.C8H19N3.C8H18N2/c1-3-4-5-6-7-8-9-12-10(13)11-2;1-3-5-6-7-8-9(4-2)10(11)12;1-2-3-4-5-6-7-11-8(9)10;1-2-3-4-5-6-7-8(9)10/h3-9H2,1-2H3,(H2,11,12,13);9H,3-8H2,1-2H3,(H2,11,12);2-7H2,1H3,(H4,9,10,11);2-7H2,1H3,(H3,9,10). The second-order valence-corrected chi connectivity index (χ2v) is 12.0. The molecule has 3 amide bonds. The molecule has 46 heavy (non-hydrogen) atoms. The second kappa shape index (κ2) is 44.6. The molecule has 11 N–H and O–H groups in total. The number of amidine groups is 1. The molecule has 276 valence electrons. The maximum absolute atomic E-state index is 10.8. The van der Waals surface area contributed by atoms with Crippen LogP contribution in [-0.4, -0.2) is 43.9 Å². The van der Waals surface area contributed by atoms with Crippen LogP contribution in [0.4, 0.5) is 4.79 Å². The monoisotopic (exact) mass is 657 g/mol. The van der Waals surface area contributed by atoms with Gasteiger partial charge < -0.3 is 33.6 Å². The third-order valence-electron chi connectivity index (χ3n) is 7.45. The van der Waals surface area contributed by atoms with Crippen LogP contribution in [-0.2, 0) is 4.79 Å². The maximum atomic E-state index is 10.8. The summed E-state index contributed by atoms with van der Waals surface area (Å²) in [6, 6.07) is -0.0754. The first-order chi connectivity index (χ1) is 22.1. The van der Waals surface area contributed by atoms with E-state index in [2.05, 4.69) is 43.3 Å². The van der Waals surface area contributed by atoms with Gasteiger partial charge in [-0.25, -0.2) is 4.79 Å². The molecule has 0 spiro atoms. The topological polar surface area (TPSA) is 198 Å². The molecule has 10 heteroatoms. The molecule has 0 aliphatic carbocycles. The number of unbranched alkanes of at least 4 members (excludes halogenated alkanes) is 16. The van der Waals surface area contributed by atoms with Gasteiger partial charge in [0.05, 0.1) is 5.84 Å². The van der Waals surface area contributed by atoms with Crippen LogP contribution in [0.25, 0.3) is 0 Å². The highest BCUT2D eigenvalue weighted by Gasteiger charge is 2.11. The number of nitrogens with two attached hydrogens (primary N) is 4. The van der Waals surface area contributed by atoms with Crippen molar-refractivity contribution in [1.82, 2.24) is 10.6 Å². The van der Waals surface area contributed by atoms with Crippen molar-refractivity contribution in [3.63, 3.8) is 0 Å². The quantitative estimate of drug-likeness (QED) is 0.0279. The zero-order chi connectivity index (χ0) is 35.7. The Labute approximate surface area is 285 Å². The van der Waals surface area contributed by atoms with Crippen LogP contribution in [0.1, 0.15) is 182 Å². The van der Waals surface area contributed by atoms with Crippen molar-refractivity contribution in [2.24, 2.45) is 33.8 Å². The Hall–Kier alpha value is -2.52. The van der Waals surface area contributed by atoms with Crippen molar-refractivity contribution < 1.29 is 9.59 Å². The van der Waals surface area contributed by atoms with Gasteiger partial charge >= 0.3 is 6.03 Å². The summed E-state index contributed by atoms with van der Waals surface area (Å²) >= 11 is 0. The Kier molecular flexibility index (Phi) is 48.8. The van der Waals surface area contributed by atoms with Crippen LogP contribution in [0.3, 0.4) is 0 Å². The summed E-state index contributed by atoms with van der Waals surface area (Å²) in [5, 5.41) is 12.3. The fourth-order valence-electron chi connectivity index (χ4n) is 4.40. The molecule has 1 atom stereocenters. The van der Waals surface area contributed by atoms with E-state index in [1.165, 1.54) is 103 Å². The van der Waals surface area contributed by atoms with Gasteiger partial charge in [-0.15, -0.1) is 0 Å². The lowest BCUT2D eigenvalue weighted by Crippen LogP contribution is -2.33. The number of urea groups is 1. The zero-order valence-corrected chi connectivity index (χ0v) is 31.3. The first kappa shape index (κ1) is 50.3. The first-order valence-corrected chi connectivity index (χ1v) is 18.7. The van der Waals surface area contributed by atoms with Crippen LogP contribution in [0.2, 0.25) is 0 Å². The SMILES string of the molecule is CCCCCCC(CC)C(N)=O.CCCCCCCC(=N)N.CCCCCCCCNC(=O)NC.CCCCCCCN=C(N)N. The van der Waals surface area contributed by atoms with Gasteiger partial charge in [-0.2, -0.15) is 0 Å². The van der Waals surface area contributed by atoms with Gasteiger partial charge in [0.1, 0.15) is 0 Å². The summed E-state index contributed by atoms with van der Waals surface area (Å²) in [5.74, 6) is 0.521. The Balaban J connectivity index is -0.000000257. The van der Waals surface area contributed by atoms with E-state index < -0.39 is 0 Å². The van der Waals surface area contributed by atoms with Crippen molar-refractivity contribution in [2.45, 2.75) is 182 Å². The zero-order valence-electron chi connectivity index (χ0n) is 31.3. The van der Waals surface area contributed by atoms with Crippen molar-refractivity contribution in [2.75, 3.05) is 20.1 Å². The third kappa shape index (κ3) is 54.0. The second-order valence-electron chi connectivity index (χ2n) is 12.0. The number of rotatable bonds is 26. The summed E-state index contributed by atoms with van der Waals surface area (Å²) in [6.45, 7) is 12.4. The molecule has 0 rings (SSSR count). The third-order valence-corrected chi connectivity index (χ3v) is 7.45. The average Bonchev–Trinajstić information content (AvgIpc) is 3.02. The van der Waals surface area contributed by atoms with Gasteiger partial charge in [-0.05, 0) is 32.1 Å². The van der Waals surface area contributed by atoms with Crippen molar-refractivity contribution in [3.8, 4) is 0 Å². The van der Waals surface area contributed by atoms with Gasteiger partial charge in [-0.3, -0.25) is 15.2 Å². The molecule has 0 radical (unpaired) electrons. The van der Waals surface area contributed by atoms with Crippen molar-refractivity contribution in [1.29, 1.82) is 5.41 Å². The minimum atomic E-state index is -0.131. The highest BCUT2D eigenvalue weighted by molar-refractivity contribution is 5.77. The molecule has 0 saturated heterocycles. The van der Waals surface area contributed by atoms with Crippen LogP contribution in [0.5, 0.6) is 0 Å². The minimum Gasteiger partial charge on any atom is -0.388 e. The molecule has 0 aromatic rings. The molecule has 0 aliphatic rings. The Morgan fingerprint density at radius 1 is 0.630 bits per heavy atom. The molecular weight excluding hydrogens is 576 g/mol. The summed E-state index contributed by atoms with van der Waals surface area (Å²) in [6.07, 6.45) is 27.6. The van der Waals surface area contributed by atoms with Crippen LogP contribution in [0.15, 0.2) is 4.99 Å². The molecule has 0 aliphatic heterocycles. The summed E-state index contributed by atoms with van der Waals surface area (Å²) in [4.78, 5) is 25.4. The normalized spacial score (nSPS) is 10.5. The van der Waals surface area contributed by atoms with E-state index >= 15 is 0 Å². The Bertz CT molecular complexity index is 670. The number of carbonyl (C=O) groups is 2. The maximum Gasteiger partial charge on any atom is 0.314 e. The number of hydrogen-bond acceptors (Lipinski definition) is 4. The van der Waals surface area contributed by atoms with E-state index in [4.69, 9.17) is 28.3 Å². The predicted molar refractivity (Wildman–Crippen MR) is 202 cm³/mol. The Morgan fingerprint density at radius 2 is 1.07 bits per heavy atom. The van der Waals surface area contributed by atoms with Gasteiger partial charge in [0.25, 0.3) is 0 Å². The molecule has 10 nitrogen and oxygen atoms in total. The van der Waals surface area contributed by atoms with E-state index in [9.17, 15) is 9.59 Å². The molecule has 0 aromatic heterocycles. The first-order valence-electron chi connectivity index (χ1n) is 18.7. The highest BCUT2D eigenvalue weighted by Crippen LogP contribution is 2.13. The number of amides is 3. The van der Waals surface area contributed by atoms with Gasteiger partial charge in [0, 0.05) is 32.5 Å². The van der Waals surface area contributed by atoms with Crippen LogP contribution >= 0.6 is 0 Å². The smallest absolute Gasteiger partial charge is 0.314 e. The lowest BCUT2D eigenvalue weighted by molar-refractivity contribution is -0.122. The molecule has 0 aromatic carbocycles. The molecule has 0 bridgehead atoms. The van der Waals surface area contributed by atoms with Crippen LogP contribution in [0, 0.1) is 11.3 Å². The van der Waals surface area contributed by atoms with Gasteiger partial charge in [0.15, 0.2) is 5.96 Å². The average molecular weight is 657 g/mol. The van der Waals surface area contributed by atoms with Crippen molar-refractivity contribution in [3.05, 3.63) is 0 Å². The fourth-order valence-corrected chi connectivity index (χ4v) is 4.40. The highest BCUT2D eigenvalue weighted by atomic mass is 16.2. The number of hydrogen-bond donors (Lipinski definition) is 7. The molecule has 0 heterocycles. The molecule has 0 saturated carbocycles. The lowest BCUT2D eigenvalue weighted by atomic mass is 9.98. The van der Waals surface area contributed by atoms with E-state index in [0.29, 0.717) is 5.84 Å². The number of nitrogens with one attached hydrogen (secondary N) is 3. The van der Waals surface area contributed by atoms with E-state index in [1.54, 1.807) is 7.05 Å². The van der Waals surface area contributed by atoms with Gasteiger partial charge in [0.2, 0.25) is 5.91 Å². The van der Waals surface area contributed by atoms with E-state index in [-0.39, 0.29) is 23.8 Å². The largest absolute Gasteiger partial charge is 0.388 e. The van der Waals surface area contributed by atoms with E-state index in [1.807, 2.05) is 6.92 Å². The fraction of sp³-hybridized carbons (Fsp3) is 0.889. The summed E-state index contributed by atoms with van der Waals surface area (Å²) in [7, 11) is 1.64. The Morgan fingerprint density at radius 3 is 1.48 bits per heavy atom. The number of guanidine groups is 1. The molecule has 0 fully saturated rings. The number of nitrogens with zero attached hydrogens (tertiary/aromatic N) is 1. The van der Waals surface area contributed by atoms with Crippen LogP contribution < -0.4 is 33.6 Å². The number of aliphatic imine (C=N–C) groups is 1. The van der Waals surface area contributed by atoms with Gasteiger partial charge in [-0.1, -0.05) is 144 Å². The summed E-state index contributed by atoms with van der Waals surface area (Å²) < 4.78 is 0. The minimum absolute atomic E-state index is 0.0754. The molecular formula is C36H80N8O2. The molecule has 1 unspecified atom stereocenters. The van der Waals surface area contributed by atoms with Crippen molar-refractivity contribution >= 4 is 23.7 Å².